The highest BCUT2D eigenvalue weighted by Crippen LogP contribution is 2.44. The van der Waals surface area contributed by atoms with E-state index in [9.17, 15) is 58.8 Å². The van der Waals surface area contributed by atoms with Crippen LogP contribution in [0, 0.1) is 5.41 Å². The summed E-state index contributed by atoms with van der Waals surface area (Å²) < 4.78 is 112. The van der Waals surface area contributed by atoms with Crippen molar-refractivity contribution in [2.75, 3.05) is 126 Å². The number of piperazine rings is 2. The van der Waals surface area contributed by atoms with Crippen LogP contribution in [0.1, 0.15) is 102 Å². The largest absolute Gasteiger partial charge is 0.501 e. The van der Waals surface area contributed by atoms with Crippen LogP contribution in [0.2, 0.25) is 5.02 Å². The number of nitrogens with one attached hydrogen (secondary N) is 6. The summed E-state index contributed by atoms with van der Waals surface area (Å²) in [5, 5.41) is 10.9. The van der Waals surface area contributed by atoms with Crippen molar-refractivity contribution < 1.29 is 68.2 Å². The number of alkyl halides is 3. The molecular formula is C71H84ClF3N12O12S3. The number of fused-ring (bicyclic) bond motifs is 1. The van der Waals surface area contributed by atoms with E-state index in [1.165, 1.54) is 46.7 Å². The number of nitrogens with zero attached hydrogens (tertiary/aromatic N) is 6. The lowest BCUT2D eigenvalue weighted by molar-refractivity contribution is -0.136. The van der Waals surface area contributed by atoms with Gasteiger partial charge in [-0.3, -0.25) is 53.8 Å². The number of rotatable bonds is 30. The SMILES string of the molecule is CC1(C)CCC(c2ccc(Cl)cc2)=C(CN2CCN(c3ccc(C(=O)NS(=O)(=O)c4ccc(N[C@H](CCN5CCN(C(=O)CCCN6C=C(COCCOCCNc7cccc8c7C(=O)N(C7CCC(=O)NC7=O)C8=O)NN6)CC5)CSc5ccccc5)c(S(=O)(=O)C(F)(F)F)c4)cc3)CC2)C1. The number of benzene rings is 5. The number of hydrazine groups is 2. The van der Waals surface area contributed by atoms with Crippen molar-refractivity contribution in [3.8, 4) is 0 Å². The van der Waals surface area contributed by atoms with Crippen molar-refractivity contribution in [1.29, 1.82) is 0 Å². The molecule has 5 aliphatic heterocycles. The number of allylic oxidation sites excluding steroid dienone is 1. The lowest BCUT2D eigenvalue weighted by atomic mass is 9.73. The molecule has 31 heteroatoms. The lowest BCUT2D eigenvalue weighted by Gasteiger charge is -2.39. The molecule has 6 amide bonds. The number of halogens is 4. The first-order valence-corrected chi connectivity index (χ1v) is 38.4. The standard InChI is InChI=1S/C71H84ClF3N12O12S3/c1-70(2)27-25-57(48-13-17-51(72)18-14-48)50(43-70)44-83-33-35-84(36-34-83)54-19-15-49(16-20-54)66(90)80-102(96,97)56-21-22-59(62(42-56)101(94,95)71(73,74)75)77-52(47-100-55-8-4-3-5-9-55)26-30-82-31-37-85(38-32-82)64(89)12-7-29-86-45-53(79-81-86)46-99-41-40-98-39-28-76-60-11-6-10-58-65(60)69(93)87(68(58)92)61-23-24-63(88)78-67(61)91/h3-6,8-11,13-22,42,45,52,61,76-77,79,81H,7,12,23-41,43-44,46-47H2,1-2H3,(H,80,90)(H,78,88,91)/t52-,61?/m1/s1. The molecule has 102 heavy (non-hydrogen) atoms. The fourth-order valence-corrected chi connectivity index (χ4v) is 16.5. The van der Waals surface area contributed by atoms with Crippen molar-refractivity contribution in [2.24, 2.45) is 5.41 Å². The molecule has 0 bridgehead atoms. The summed E-state index contributed by atoms with van der Waals surface area (Å²) in [4.78, 5) is 85.8. The number of piperidine rings is 1. The summed E-state index contributed by atoms with van der Waals surface area (Å²) in [6.07, 6.45) is 6.15. The number of sulfonamides is 1. The Morgan fingerprint density at radius 1 is 0.784 bits per heavy atom. The number of imide groups is 2. The van der Waals surface area contributed by atoms with Crippen molar-refractivity contribution in [3.05, 3.63) is 160 Å². The Labute approximate surface area is 601 Å². The first-order valence-electron chi connectivity index (χ1n) is 34.0. The van der Waals surface area contributed by atoms with Crippen LogP contribution in [0.4, 0.5) is 30.2 Å². The Kier molecular flexibility index (Phi) is 24.4. The Morgan fingerprint density at radius 2 is 1.51 bits per heavy atom. The Hall–Kier alpha value is -8.07. The molecule has 11 rings (SSSR count). The van der Waals surface area contributed by atoms with E-state index >= 15 is 0 Å². The van der Waals surface area contributed by atoms with Gasteiger partial charge in [0.05, 0.1) is 53.8 Å². The molecule has 2 atom stereocenters. The molecule has 546 valence electrons. The topological polar surface area (TPSA) is 281 Å². The second kappa shape index (κ2) is 33.1. The molecule has 1 aliphatic carbocycles. The highest BCUT2D eigenvalue weighted by atomic mass is 35.5. The molecule has 0 saturated carbocycles. The first-order chi connectivity index (χ1) is 48.8. The van der Waals surface area contributed by atoms with Crippen LogP contribution in [0.25, 0.3) is 5.57 Å². The molecule has 5 heterocycles. The molecule has 3 saturated heterocycles. The van der Waals surface area contributed by atoms with Crippen molar-refractivity contribution in [2.45, 2.75) is 97.5 Å². The van der Waals surface area contributed by atoms with E-state index in [1.807, 2.05) is 58.4 Å². The third kappa shape index (κ3) is 18.8. The molecular weight excluding hydrogens is 1400 g/mol. The molecule has 3 fully saturated rings. The van der Waals surface area contributed by atoms with Gasteiger partial charge < -0.3 is 35.3 Å². The number of anilines is 3. The van der Waals surface area contributed by atoms with Crippen LogP contribution < -0.4 is 36.5 Å². The molecule has 6 N–H and O–H groups in total. The highest BCUT2D eigenvalue weighted by Gasteiger charge is 2.49. The zero-order valence-corrected chi connectivity index (χ0v) is 59.9. The minimum absolute atomic E-state index is 0.0214. The van der Waals surface area contributed by atoms with Crippen LogP contribution in [-0.2, 0) is 43.7 Å². The quantitative estimate of drug-likeness (QED) is 0.0144. The maximum absolute atomic E-state index is 14.6. The third-order valence-corrected chi connectivity index (χ3v) is 23.2. The number of hydrogen-bond acceptors (Lipinski definition) is 21. The predicted molar refractivity (Wildman–Crippen MR) is 381 cm³/mol. The van der Waals surface area contributed by atoms with E-state index in [-0.39, 0.29) is 79.5 Å². The van der Waals surface area contributed by atoms with Crippen molar-refractivity contribution in [3.63, 3.8) is 0 Å². The number of carbonyl (C=O) groups is 6. The number of carbonyl (C=O) groups excluding carboxylic acids is 6. The minimum atomic E-state index is -6.17. The lowest BCUT2D eigenvalue weighted by Crippen LogP contribution is -2.54. The molecule has 1 unspecified atom stereocenters. The number of amides is 6. The van der Waals surface area contributed by atoms with Gasteiger partial charge in [-0.25, -0.2) is 21.6 Å². The van der Waals surface area contributed by atoms with Crippen molar-refractivity contribution >= 4 is 101 Å². The summed E-state index contributed by atoms with van der Waals surface area (Å²) in [5.74, 6) is -3.14. The maximum atomic E-state index is 14.6. The van der Waals surface area contributed by atoms with Gasteiger partial charge in [-0.2, -0.15) is 13.2 Å². The fourth-order valence-electron chi connectivity index (χ4n) is 13.4. The summed E-state index contributed by atoms with van der Waals surface area (Å²) in [6.45, 7) is 12.6. The molecule has 5 aromatic rings. The molecule has 0 aromatic heterocycles. The van der Waals surface area contributed by atoms with E-state index in [4.69, 9.17) is 21.1 Å². The van der Waals surface area contributed by atoms with E-state index in [0.29, 0.717) is 88.5 Å². The summed E-state index contributed by atoms with van der Waals surface area (Å²) >= 11 is 7.62. The average molecular weight is 1490 g/mol. The Bertz CT molecular complexity index is 4200. The monoisotopic (exact) mass is 1480 g/mol. The zero-order valence-electron chi connectivity index (χ0n) is 56.7. The maximum Gasteiger partial charge on any atom is 0.501 e. The van der Waals surface area contributed by atoms with Gasteiger partial charge in [0.2, 0.25) is 17.7 Å². The molecule has 24 nitrogen and oxygen atoms in total. The van der Waals surface area contributed by atoms with E-state index < -0.39 is 82.5 Å². The fraction of sp³-hybridized carbons (Fsp3) is 0.437. The van der Waals surface area contributed by atoms with Crippen LogP contribution in [0.5, 0.6) is 0 Å². The highest BCUT2D eigenvalue weighted by molar-refractivity contribution is 7.99. The van der Waals surface area contributed by atoms with Crippen LogP contribution >= 0.6 is 23.4 Å². The van der Waals surface area contributed by atoms with Crippen molar-refractivity contribution in [1.82, 2.24) is 45.6 Å². The number of thioether (sulfide) groups is 1. The van der Waals surface area contributed by atoms with Crippen LogP contribution in [0.3, 0.4) is 0 Å². The van der Waals surface area contributed by atoms with Gasteiger partial charge in [0.1, 0.15) is 10.9 Å². The number of ether oxygens (including phenoxy) is 2. The van der Waals surface area contributed by atoms with Crippen LogP contribution in [0.15, 0.2) is 147 Å². The first kappa shape index (κ1) is 75.1. The van der Waals surface area contributed by atoms with Gasteiger partial charge >= 0.3 is 5.51 Å². The second-order valence-corrected chi connectivity index (χ2v) is 31.8. The van der Waals surface area contributed by atoms with Gasteiger partial charge in [0.25, 0.3) is 37.6 Å². The summed E-state index contributed by atoms with van der Waals surface area (Å²) in [7, 11) is -11.1. The van der Waals surface area contributed by atoms with Crippen LogP contribution in [-0.4, -0.2) is 205 Å². The molecule has 0 spiro atoms. The summed E-state index contributed by atoms with van der Waals surface area (Å²) in [6, 6.07) is 29.1. The van der Waals surface area contributed by atoms with Gasteiger partial charge in [-0.05, 0) is 134 Å². The predicted octanol–water partition coefficient (Wildman–Crippen LogP) is 8.14. The van der Waals surface area contributed by atoms with E-state index in [0.717, 1.165) is 72.2 Å². The zero-order chi connectivity index (χ0) is 72.3. The second-order valence-electron chi connectivity index (χ2n) is 26.7. The Morgan fingerprint density at radius 3 is 2.24 bits per heavy atom. The molecule has 0 radical (unpaired) electrons. The minimum Gasteiger partial charge on any atom is -0.382 e. The smallest absolute Gasteiger partial charge is 0.382 e. The van der Waals surface area contributed by atoms with Gasteiger partial charge in [-0.15, -0.1) is 17.3 Å². The van der Waals surface area contributed by atoms with E-state index in [2.05, 4.69) is 67.6 Å². The number of hydrogen-bond donors (Lipinski definition) is 6. The third-order valence-electron chi connectivity index (χ3n) is 18.9. The Balaban J connectivity index is 0.616. The van der Waals surface area contributed by atoms with Gasteiger partial charge in [0.15, 0.2) is 0 Å². The molecule has 5 aromatic carbocycles. The van der Waals surface area contributed by atoms with E-state index in [1.54, 1.807) is 29.2 Å². The normalized spacial score (nSPS) is 18.8. The van der Waals surface area contributed by atoms with Gasteiger partial charge in [-0.1, -0.05) is 67.4 Å². The molecule has 6 aliphatic rings. The van der Waals surface area contributed by atoms with Gasteiger partial charge in [0, 0.05) is 136 Å². The number of sulfone groups is 1. The average Bonchev–Trinajstić information content (AvgIpc) is 1.37. The summed E-state index contributed by atoms with van der Waals surface area (Å²) in [5.41, 5.74) is 6.30.